The fraction of sp³-hybridized carbons (Fsp3) is 0.400. The maximum absolute atomic E-state index is 12.1. The summed E-state index contributed by atoms with van der Waals surface area (Å²) in [5.41, 5.74) is 1.79. The summed E-state index contributed by atoms with van der Waals surface area (Å²) in [6.07, 6.45) is 2.35. The number of nitrogens with one attached hydrogen (secondary N) is 2. The largest absolute Gasteiger partial charge is 0.326 e. The smallest absolute Gasteiger partial charge is 0.240 e. The van der Waals surface area contributed by atoms with E-state index in [-0.39, 0.29) is 23.5 Å². The van der Waals surface area contributed by atoms with Gasteiger partial charge in [0.15, 0.2) is 5.17 Å². The van der Waals surface area contributed by atoms with Crippen molar-refractivity contribution in [3.63, 3.8) is 0 Å². The van der Waals surface area contributed by atoms with Gasteiger partial charge in [-0.25, -0.2) is 0 Å². The number of para-hydroxylation sites is 1. The molecule has 1 saturated heterocycles. The number of thioether (sulfide) groups is 1. The van der Waals surface area contributed by atoms with E-state index in [1.165, 1.54) is 11.8 Å². The highest BCUT2D eigenvalue weighted by Crippen LogP contribution is 2.29. The molecule has 2 aliphatic rings. The minimum Gasteiger partial charge on any atom is -0.326 e. The number of aryl methyl sites for hydroxylation is 1. The normalized spacial score (nSPS) is 23.2. The first-order valence-corrected chi connectivity index (χ1v) is 7.90. The van der Waals surface area contributed by atoms with E-state index >= 15 is 0 Å². The van der Waals surface area contributed by atoms with Gasteiger partial charge in [0.1, 0.15) is 5.25 Å². The molecule has 0 radical (unpaired) electrons. The van der Waals surface area contributed by atoms with Gasteiger partial charge in [0.25, 0.3) is 0 Å². The Morgan fingerprint density at radius 1 is 1.43 bits per heavy atom. The summed E-state index contributed by atoms with van der Waals surface area (Å²) in [4.78, 5) is 28.3. The molecule has 3 rings (SSSR count). The van der Waals surface area contributed by atoms with Crippen molar-refractivity contribution in [2.24, 2.45) is 4.99 Å². The number of hydrogen-bond donors (Lipinski definition) is 2. The molecule has 0 unspecified atom stereocenters. The van der Waals surface area contributed by atoms with E-state index < -0.39 is 0 Å². The molecule has 1 heterocycles. The van der Waals surface area contributed by atoms with Crippen LogP contribution < -0.4 is 10.6 Å². The maximum Gasteiger partial charge on any atom is 0.240 e. The first-order chi connectivity index (χ1) is 10.1. The average Bonchev–Trinajstić information content (AvgIpc) is 3.18. The summed E-state index contributed by atoms with van der Waals surface area (Å²) in [6.45, 7) is 1.94. The van der Waals surface area contributed by atoms with Crippen molar-refractivity contribution < 1.29 is 9.59 Å². The Kier molecular flexibility index (Phi) is 3.96. The van der Waals surface area contributed by atoms with E-state index in [1.807, 2.05) is 31.2 Å². The Morgan fingerprint density at radius 2 is 2.19 bits per heavy atom. The van der Waals surface area contributed by atoms with Gasteiger partial charge in [0, 0.05) is 12.1 Å². The molecule has 0 aromatic heterocycles. The highest BCUT2D eigenvalue weighted by Gasteiger charge is 2.33. The Labute approximate surface area is 127 Å². The number of carbonyl (C=O) groups excluding carboxylic acids is 2. The van der Waals surface area contributed by atoms with E-state index in [0.717, 1.165) is 24.1 Å². The Hall–Kier alpha value is -1.82. The van der Waals surface area contributed by atoms with Crippen LogP contribution in [0.2, 0.25) is 0 Å². The summed E-state index contributed by atoms with van der Waals surface area (Å²) in [5, 5.41) is 5.88. The molecule has 1 aliphatic carbocycles. The Bertz CT molecular complexity index is 611. The monoisotopic (exact) mass is 303 g/mol. The van der Waals surface area contributed by atoms with Crippen molar-refractivity contribution in [3.05, 3.63) is 29.8 Å². The van der Waals surface area contributed by atoms with Crippen LogP contribution in [0.1, 0.15) is 24.8 Å². The van der Waals surface area contributed by atoms with Gasteiger partial charge in [-0.1, -0.05) is 30.0 Å². The first kappa shape index (κ1) is 14.1. The number of amidine groups is 1. The molecule has 2 amide bonds. The number of hydrogen-bond acceptors (Lipinski definition) is 4. The van der Waals surface area contributed by atoms with Crippen LogP contribution in [-0.4, -0.2) is 28.3 Å². The second-order valence-corrected chi connectivity index (χ2v) is 6.52. The summed E-state index contributed by atoms with van der Waals surface area (Å²) >= 11 is 1.36. The lowest BCUT2D eigenvalue weighted by Crippen LogP contribution is -2.28. The summed E-state index contributed by atoms with van der Waals surface area (Å²) in [7, 11) is 0. The van der Waals surface area contributed by atoms with Gasteiger partial charge in [0.2, 0.25) is 11.8 Å². The van der Waals surface area contributed by atoms with E-state index in [9.17, 15) is 9.59 Å². The van der Waals surface area contributed by atoms with Crippen LogP contribution in [0.4, 0.5) is 5.69 Å². The molecule has 1 atom stereocenters. The quantitative estimate of drug-likeness (QED) is 0.894. The van der Waals surface area contributed by atoms with Gasteiger partial charge in [-0.05, 0) is 31.4 Å². The Balaban J connectivity index is 1.57. The van der Waals surface area contributed by atoms with Crippen LogP contribution >= 0.6 is 11.8 Å². The molecule has 1 aromatic carbocycles. The van der Waals surface area contributed by atoms with Gasteiger partial charge >= 0.3 is 0 Å². The lowest BCUT2D eigenvalue weighted by atomic mass is 10.2. The number of aliphatic imine (C=N–C) groups is 1. The number of benzene rings is 1. The van der Waals surface area contributed by atoms with Gasteiger partial charge in [0.05, 0.1) is 6.04 Å². The van der Waals surface area contributed by atoms with Gasteiger partial charge in [-0.3, -0.25) is 14.6 Å². The predicted octanol–water partition coefficient (Wildman–Crippen LogP) is 2.07. The van der Waals surface area contributed by atoms with Crippen LogP contribution in [0.3, 0.4) is 0 Å². The molecule has 0 bridgehead atoms. The van der Waals surface area contributed by atoms with E-state index in [1.54, 1.807) is 0 Å². The molecule has 1 saturated carbocycles. The van der Waals surface area contributed by atoms with Crippen molar-refractivity contribution in [3.8, 4) is 0 Å². The lowest BCUT2D eigenvalue weighted by molar-refractivity contribution is -0.122. The molecule has 6 heteroatoms. The molecule has 110 valence electrons. The third kappa shape index (κ3) is 3.64. The van der Waals surface area contributed by atoms with E-state index in [4.69, 9.17) is 0 Å². The molecule has 0 spiro atoms. The zero-order valence-corrected chi connectivity index (χ0v) is 12.6. The maximum atomic E-state index is 12.1. The number of anilines is 1. The van der Waals surface area contributed by atoms with Gasteiger partial charge < -0.3 is 10.6 Å². The highest BCUT2D eigenvalue weighted by molar-refractivity contribution is 8.15. The third-order valence-corrected chi connectivity index (χ3v) is 4.51. The van der Waals surface area contributed by atoms with Gasteiger partial charge in [-0.15, -0.1) is 0 Å². The van der Waals surface area contributed by atoms with Crippen molar-refractivity contribution in [1.29, 1.82) is 0 Å². The molecular weight excluding hydrogens is 286 g/mol. The summed E-state index contributed by atoms with van der Waals surface area (Å²) in [6, 6.07) is 7.96. The van der Waals surface area contributed by atoms with Crippen LogP contribution in [-0.2, 0) is 9.59 Å². The predicted molar refractivity (Wildman–Crippen MR) is 84.4 cm³/mol. The topological polar surface area (TPSA) is 70.6 Å². The second kappa shape index (κ2) is 5.89. The molecule has 1 aromatic rings. The van der Waals surface area contributed by atoms with E-state index in [0.29, 0.717) is 11.2 Å². The van der Waals surface area contributed by atoms with Crippen molar-refractivity contribution in [2.75, 3.05) is 5.32 Å². The fourth-order valence-electron chi connectivity index (χ4n) is 2.05. The fourth-order valence-corrected chi connectivity index (χ4v) is 3.09. The molecule has 2 fully saturated rings. The molecule has 2 N–H and O–H groups in total. The molecule has 5 nitrogen and oxygen atoms in total. The van der Waals surface area contributed by atoms with Crippen molar-refractivity contribution in [1.82, 2.24) is 5.32 Å². The highest BCUT2D eigenvalue weighted by atomic mass is 32.2. The summed E-state index contributed by atoms with van der Waals surface area (Å²) in [5.74, 6) is -0.274. The molecular formula is C15H17N3O2S. The van der Waals surface area contributed by atoms with Crippen LogP contribution in [0.15, 0.2) is 29.3 Å². The van der Waals surface area contributed by atoms with Crippen LogP contribution in [0.5, 0.6) is 0 Å². The minimum atomic E-state index is -0.383. The van der Waals surface area contributed by atoms with Gasteiger partial charge in [-0.2, -0.15) is 0 Å². The zero-order valence-electron chi connectivity index (χ0n) is 11.8. The lowest BCUT2D eigenvalue weighted by Gasteiger charge is -2.09. The Morgan fingerprint density at radius 3 is 2.90 bits per heavy atom. The van der Waals surface area contributed by atoms with Crippen molar-refractivity contribution in [2.45, 2.75) is 37.5 Å². The number of rotatable bonds is 4. The second-order valence-electron chi connectivity index (χ2n) is 5.33. The summed E-state index contributed by atoms with van der Waals surface area (Å²) < 4.78 is 0. The molecule has 1 aliphatic heterocycles. The standard InChI is InChI=1S/C15H17N3O2S/c1-9-4-2-3-5-11(9)17-13(19)8-12-14(20)18-15(21-12)16-10-6-7-10/h2-5,10,12H,6-8H2,1H3,(H,17,19)(H,16,18,20)/t12-/m1/s1. The van der Waals surface area contributed by atoms with E-state index in [2.05, 4.69) is 15.6 Å². The van der Waals surface area contributed by atoms with Crippen LogP contribution in [0, 0.1) is 6.92 Å². The zero-order chi connectivity index (χ0) is 14.8. The first-order valence-electron chi connectivity index (χ1n) is 7.02. The van der Waals surface area contributed by atoms with Crippen molar-refractivity contribution >= 4 is 34.4 Å². The number of amides is 2. The SMILES string of the molecule is Cc1ccccc1NC(=O)C[C@H]1SC(=NC2CC2)NC1=O. The number of carbonyl (C=O) groups is 2. The van der Waals surface area contributed by atoms with Crippen LogP contribution in [0.25, 0.3) is 0 Å². The average molecular weight is 303 g/mol. The third-order valence-electron chi connectivity index (χ3n) is 3.41. The number of nitrogens with zero attached hydrogens (tertiary/aromatic N) is 1. The minimum absolute atomic E-state index is 0.126. The molecule has 21 heavy (non-hydrogen) atoms.